The zero-order valence-electron chi connectivity index (χ0n) is 12.8. The SMILES string of the molecule is CCC1=CC=CC1C(C)(c1ccccc1)c1ccccc1. The van der Waals surface area contributed by atoms with Crippen molar-refractivity contribution < 1.29 is 0 Å². The van der Waals surface area contributed by atoms with Gasteiger partial charge in [0.05, 0.1) is 0 Å². The van der Waals surface area contributed by atoms with E-state index in [-0.39, 0.29) is 5.41 Å². The van der Waals surface area contributed by atoms with Crippen molar-refractivity contribution in [2.75, 3.05) is 0 Å². The van der Waals surface area contributed by atoms with Gasteiger partial charge in [-0.15, -0.1) is 0 Å². The summed E-state index contributed by atoms with van der Waals surface area (Å²) in [6.07, 6.45) is 7.97. The lowest BCUT2D eigenvalue weighted by atomic mass is 9.65. The first kappa shape index (κ1) is 13.9. The van der Waals surface area contributed by atoms with E-state index in [1.807, 2.05) is 0 Å². The van der Waals surface area contributed by atoms with Gasteiger partial charge in [-0.25, -0.2) is 0 Å². The Morgan fingerprint density at radius 1 is 0.857 bits per heavy atom. The van der Waals surface area contributed by atoms with Crippen LogP contribution in [-0.4, -0.2) is 0 Å². The molecule has 0 radical (unpaired) electrons. The summed E-state index contributed by atoms with van der Waals surface area (Å²) in [4.78, 5) is 0. The molecule has 106 valence electrons. The molecule has 3 rings (SSSR count). The van der Waals surface area contributed by atoms with Crippen molar-refractivity contribution >= 4 is 0 Å². The Hall–Kier alpha value is -2.08. The molecule has 1 aliphatic carbocycles. The van der Waals surface area contributed by atoms with Crippen molar-refractivity contribution in [3.8, 4) is 0 Å². The van der Waals surface area contributed by atoms with Gasteiger partial charge in [-0.2, -0.15) is 0 Å². The maximum Gasteiger partial charge on any atom is 0.0274 e. The van der Waals surface area contributed by atoms with Crippen LogP contribution in [0.4, 0.5) is 0 Å². The maximum atomic E-state index is 2.38. The molecule has 0 saturated heterocycles. The van der Waals surface area contributed by atoms with E-state index in [0.717, 1.165) is 6.42 Å². The van der Waals surface area contributed by atoms with Gasteiger partial charge in [-0.05, 0) is 17.5 Å². The molecule has 0 aromatic heterocycles. The van der Waals surface area contributed by atoms with Crippen LogP contribution in [0, 0.1) is 5.92 Å². The van der Waals surface area contributed by atoms with Gasteiger partial charge >= 0.3 is 0 Å². The molecule has 0 N–H and O–H groups in total. The molecular weight excluding hydrogens is 252 g/mol. The molecular formula is C21H22. The molecule has 2 aromatic carbocycles. The first-order valence-corrected chi connectivity index (χ1v) is 7.75. The molecule has 21 heavy (non-hydrogen) atoms. The van der Waals surface area contributed by atoms with E-state index in [9.17, 15) is 0 Å². The molecule has 2 aromatic rings. The minimum absolute atomic E-state index is 0.0165. The van der Waals surface area contributed by atoms with Crippen molar-refractivity contribution in [1.29, 1.82) is 0 Å². The second-order valence-corrected chi connectivity index (χ2v) is 5.89. The topological polar surface area (TPSA) is 0 Å². The Labute approximate surface area is 127 Å². The molecule has 0 fully saturated rings. The van der Waals surface area contributed by atoms with Crippen LogP contribution in [0.25, 0.3) is 0 Å². The third-order valence-corrected chi connectivity index (χ3v) is 4.79. The highest BCUT2D eigenvalue weighted by molar-refractivity contribution is 5.46. The Morgan fingerprint density at radius 2 is 1.38 bits per heavy atom. The molecule has 1 aliphatic rings. The number of benzene rings is 2. The lowest BCUT2D eigenvalue weighted by Crippen LogP contribution is -2.32. The smallest absolute Gasteiger partial charge is 0.0274 e. The van der Waals surface area contributed by atoms with E-state index >= 15 is 0 Å². The Bertz CT molecular complexity index is 607. The van der Waals surface area contributed by atoms with Crippen LogP contribution < -0.4 is 0 Å². The maximum absolute atomic E-state index is 2.38. The summed E-state index contributed by atoms with van der Waals surface area (Å²) >= 11 is 0. The van der Waals surface area contributed by atoms with Crippen LogP contribution in [0.3, 0.4) is 0 Å². The van der Waals surface area contributed by atoms with Gasteiger partial charge in [0.2, 0.25) is 0 Å². The third-order valence-electron chi connectivity index (χ3n) is 4.79. The lowest BCUT2D eigenvalue weighted by molar-refractivity contribution is 0.462. The Kier molecular flexibility index (Phi) is 3.79. The van der Waals surface area contributed by atoms with Crippen molar-refractivity contribution in [2.24, 2.45) is 5.92 Å². The summed E-state index contributed by atoms with van der Waals surface area (Å²) in [6.45, 7) is 4.63. The van der Waals surface area contributed by atoms with Gasteiger partial charge in [-0.3, -0.25) is 0 Å². The minimum Gasteiger partial charge on any atom is -0.0761 e. The number of allylic oxidation sites excluding steroid dienone is 4. The second kappa shape index (κ2) is 5.73. The summed E-state index contributed by atoms with van der Waals surface area (Å²) in [7, 11) is 0. The van der Waals surface area contributed by atoms with Crippen LogP contribution in [-0.2, 0) is 5.41 Å². The van der Waals surface area contributed by atoms with Gasteiger partial charge < -0.3 is 0 Å². The third kappa shape index (κ3) is 2.35. The minimum atomic E-state index is -0.0165. The fourth-order valence-electron chi connectivity index (χ4n) is 3.51. The van der Waals surface area contributed by atoms with Gasteiger partial charge in [0.1, 0.15) is 0 Å². The molecule has 0 heterocycles. The zero-order chi connectivity index (χ0) is 14.7. The van der Waals surface area contributed by atoms with E-state index in [4.69, 9.17) is 0 Å². The van der Waals surface area contributed by atoms with Crippen LogP contribution in [0.1, 0.15) is 31.4 Å². The van der Waals surface area contributed by atoms with Crippen molar-refractivity contribution in [2.45, 2.75) is 25.7 Å². The quantitative estimate of drug-likeness (QED) is 0.689. The number of rotatable bonds is 4. The normalized spacial score (nSPS) is 17.8. The van der Waals surface area contributed by atoms with Gasteiger partial charge in [-0.1, -0.05) is 98.3 Å². The highest BCUT2D eigenvalue weighted by atomic mass is 14.4. The Balaban J connectivity index is 2.17. The second-order valence-electron chi connectivity index (χ2n) is 5.89. The highest BCUT2D eigenvalue weighted by Gasteiger charge is 2.38. The predicted octanol–water partition coefficient (Wildman–Crippen LogP) is 5.52. The van der Waals surface area contributed by atoms with Crippen LogP contribution in [0.15, 0.2) is 84.5 Å². The first-order valence-electron chi connectivity index (χ1n) is 7.75. The summed E-state index contributed by atoms with van der Waals surface area (Å²) in [5, 5.41) is 0. The van der Waals surface area contributed by atoms with Crippen LogP contribution in [0.5, 0.6) is 0 Å². The monoisotopic (exact) mass is 274 g/mol. The summed E-state index contributed by atoms with van der Waals surface area (Å²) in [5.74, 6) is 0.437. The average molecular weight is 274 g/mol. The van der Waals surface area contributed by atoms with Crippen molar-refractivity contribution in [1.82, 2.24) is 0 Å². The summed E-state index contributed by atoms with van der Waals surface area (Å²) in [6, 6.07) is 21.8. The number of hydrogen-bond donors (Lipinski definition) is 0. The number of hydrogen-bond acceptors (Lipinski definition) is 0. The van der Waals surface area contributed by atoms with E-state index in [1.54, 1.807) is 0 Å². The molecule has 1 unspecified atom stereocenters. The fourth-order valence-corrected chi connectivity index (χ4v) is 3.51. The molecule has 0 amide bonds. The average Bonchev–Trinajstić information content (AvgIpc) is 3.05. The lowest BCUT2D eigenvalue weighted by Gasteiger charge is -2.38. The molecule has 0 aliphatic heterocycles. The largest absolute Gasteiger partial charge is 0.0761 e. The van der Waals surface area contributed by atoms with E-state index in [2.05, 4.69) is 92.7 Å². The first-order chi connectivity index (χ1) is 10.3. The molecule has 0 saturated carbocycles. The van der Waals surface area contributed by atoms with E-state index in [1.165, 1.54) is 16.7 Å². The fraction of sp³-hybridized carbons (Fsp3) is 0.238. The van der Waals surface area contributed by atoms with Crippen LogP contribution in [0.2, 0.25) is 0 Å². The Morgan fingerprint density at radius 3 is 1.86 bits per heavy atom. The van der Waals surface area contributed by atoms with Crippen molar-refractivity contribution in [3.63, 3.8) is 0 Å². The van der Waals surface area contributed by atoms with Crippen molar-refractivity contribution in [3.05, 3.63) is 95.6 Å². The van der Waals surface area contributed by atoms with Gasteiger partial charge in [0.15, 0.2) is 0 Å². The molecule has 0 bridgehead atoms. The molecule has 0 heteroatoms. The molecule has 0 spiro atoms. The molecule has 0 nitrogen and oxygen atoms in total. The standard InChI is InChI=1S/C21H22/c1-3-17-11-10-16-20(17)21(2,18-12-6-4-7-13-18)19-14-8-5-9-15-19/h4-16,20H,3H2,1-2H3. The zero-order valence-corrected chi connectivity index (χ0v) is 12.8. The van der Waals surface area contributed by atoms with E-state index in [0.29, 0.717) is 5.92 Å². The van der Waals surface area contributed by atoms with Gasteiger partial charge in [0, 0.05) is 11.3 Å². The van der Waals surface area contributed by atoms with E-state index < -0.39 is 0 Å². The van der Waals surface area contributed by atoms with Gasteiger partial charge in [0.25, 0.3) is 0 Å². The summed E-state index contributed by atoms with van der Waals surface area (Å²) < 4.78 is 0. The predicted molar refractivity (Wildman–Crippen MR) is 90.3 cm³/mol. The van der Waals surface area contributed by atoms with Crippen LogP contribution >= 0.6 is 0 Å². The summed E-state index contributed by atoms with van der Waals surface area (Å²) in [5.41, 5.74) is 4.27. The molecule has 1 atom stereocenters. The highest BCUT2D eigenvalue weighted by Crippen LogP contribution is 2.45.